The highest BCUT2D eigenvalue weighted by Gasteiger charge is 2.45. The molecule has 1 N–H and O–H groups in total. The minimum absolute atomic E-state index is 0.0404. The number of hydrogen-bond acceptors (Lipinski definition) is 2. The lowest BCUT2D eigenvalue weighted by atomic mass is 10.0. The van der Waals surface area contributed by atoms with Crippen LogP contribution in [0.15, 0.2) is 54.6 Å². The predicted molar refractivity (Wildman–Crippen MR) is 91.6 cm³/mol. The molecule has 3 rings (SSSR count). The first-order chi connectivity index (χ1) is 11.1. The van der Waals surface area contributed by atoms with Crippen molar-refractivity contribution >= 4 is 5.91 Å². The Morgan fingerprint density at radius 3 is 2.52 bits per heavy atom. The first-order valence-corrected chi connectivity index (χ1v) is 8.20. The van der Waals surface area contributed by atoms with E-state index in [1.807, 2.05) is 42.5 Å². The first kappa shape index (κ1) is 15.6. The van der Waals surface area contributed by atoms with Crippen molar-refractivity contribution in [3.63, 3.8) is 0 Å². The Hall–Kier alpha value is -2.29. The van der Waals surface area contributed by atoms with Gasteiger partial charge in [-0.25, -0.2) is 0 Å². The van der Waals surface area contributed by atoms with Crippen molar-refractivity contribution in [2.75, 3.05) is 6.61 Å². The highest BCUT2D eigenvalue weighted by atomic mass is 16.5. The highest BCUT2D eigenvalue weighted by molar-refractivity contribution is 5.95. The lowest BCUT2D eigenvalue weighted by molar-refractivity contribution is 0.0930. The van der Waals surface area contributed by atoms with Crippen molar-refractivity contribution in [1.29, 1.82) is 0 Å². The van der Waals surface area contributed by atoms with Crippen molar-refractivity contribution in [3.8, 4) is 5.75 Å². The zero-order valence-electron chi connectivity index (χ0n) is 13.7. The van der Waals surface area contributed by atoms with Crippen molar-refractivity contribution < 1.29 is 9.53 Å². The molecule has 23 heavy (non-hydrogen) atoms. The summed E-state index contributed by atoms with van der Waals surface area (Å²) in [7, 11) is 0. The van der Waals surface area contributed by atoms with Crippen LogP contribution in [-0.4, -0.2) is 12.5 Å². The molecule has 0 unspecified atom stereocenters. The van der Waals surface area contributed by atoms with Gasteiger partial charge in [0.25, 0.3) is 5.91 Å². The van der Waals surface area contributed by atoms with Gasteiger partial charge < -0.3 is 10.1 Å². The summed E-state index contributed by atoms with van der Waals surface area (Å²) in [6.07, 6.45) is 1.98. The van der Waals surface area contributed by atoms with E-state index in [1.54, 1.807) is 0 Å². The van der Waals surface area contributed by atoms with Gasteiger partial charge in [-0.05, 0) is 42.5 Å². The second-order valence-electron chi connectivity index (χ2n) is 6.63. The molecule has 0 radical (unpaired) electrons. The fraction of sp³-hybridized carbons (Fsp3) is 0.350. The largest absolute Gasteiger partial charge is 0.493 e. The van der Waals surface area contributed by atoms with Crippen LogP contribution in [0.3, 0.4) is 0 Å². The van der Waals surface area contributed by atoms with Gasteiger partial charge in [-0.15, -0.1) is 0 Å². The molecule has 1 saturated carbocycles. The van der Waals surface area contributed by atoms with Gasteiger partial charge >= 0.3 is 0 Å². The van der Waals surface area contributed by atoms with Gasteiger partial charge in [-0.3, -0.25) is 4.79 Å². The summed E-state index contributed by atoms with van der Waals surface area (Å²) in [5.74, 6) is 1.16. The fourth-order valence-corrected chi connectivity index (χ4v) is 2.65. The van der Waals surface area contributed by atoms with Gasteiger partial charge in [0, 0.05) is 5.56 Å². The van der Waals surface area contributed by atoms with Gasteiger partial charge in [0.1, 0.15) is 5.75 Å². The number of hydrogen-bond donors (Lipinski definition) is 1. The van der Waals surface area contributed by atoms with E-state index in [-0.39, 0.29) is 11.4 Å². The molecule has 3 nitrogen and oxygen atoms in total. The summed E-state index contributed by atoms with van der Waals surface area (Å²) in [6, 6.07) is 17.6. The molecule has 2 aromatic rings. The zero-order chi connectivity index (χ0) is 16.3. The van der Waals surface area contributed by atoms with Crippen LogP contribution >= 0.6 is 0 Å². The van der Waals surface area contributed by atoms with Crippen LogP contribution in [-0.2, 0) is 5.54 Å². The van der Waals surface area contributed by atoms with Gasteiger partial charge in [-0.2, -0.15) is 0 Å². The zero-order valence-corrected chi connectivity index (χ0v) is 13.7. The summed E-state index contributed by atoms with van der Waals surface area (Å²) >= 11 is 0. The molecular formula is C20H23NO2. The third kappa shape index (κ3) is 3.73. The second kappa shape index (κ2) is 6.45. The van der Waals surface area contributed by atoms with Gasteiger partial charge in [-0.1, -0.05) is 50.2 Å². The van der Waals surface area contributed by atoms with Gasteiger partial charge in [0.2, 0.25) is 0 Å². The SMILES string of the molecule is CC(C)COc1cccc(C(=O)NC2(c3ccccc3)CC2)c1. The number of nitrogens with one attached hydrogen (secondary N) is 1. The molecule has 1 fully saturated rings. The average molecular weight is 309 g/mol. The van der Waals surface area contributed by atoms with Crippen LogP contribution in [0.25, 0.3) is 0 Å². The van der Waals surface area contributed by atoms with E-state index in [2.05, 4.69) is 31.3 Å². The Kier molecular flexibility index (Phi) is 4.37. The topological polar surface area (TPSA) is 38.3 Å². The molecule has 3 heteroatoms. The number of rotatable bonds is 6. The monoisotopic (exact) mass is 309 g/mol. The normalized spacial score (nSPS) is 15.3. The minimum atomic E-state index is -0.187. The van der Waals surface area contributed by atoms with Crippen LogP contribution in [0.5, 0.6) is 5.75 Å². The first-order valence-electron chi connectivity index (χ1n) is 8.20. The molecule has 0 aliphatic heterocycles. The third-order valence-corrected chi connectivity index (χ3v) is 4.11. The number of carbonyl (C=O) groups excluding carboxylic acids is 1. The van der Waals surface area contributed by atoms with E-state index >= 15 is 0 Å². The van der Waals surface area contributed by atoms with E-state index in [1.165, 1.54) is 5.56 Å². The quantitative estimate of drug-likeness (QED) is 0.871. The van der Waals surface area contributed by atoms with Gasteiger partial charge in [0.05, 0.1) is 12.1 Å². The Balaban J connectivity index is 1.70. The Morgan fingerprint density at radius 1 is 1.13 bits per heavy atom. The van der Waals surface area contributed by atoms with Crippen molar-refractivity contribution in [2.24, 2.45) is 5.92 Å². The highest BCUT2D eigenvalue weighted by Crippen LogP contribution is 2.45. The molecular weight excluding hydrogens is 286 g/mol. The summed E-state index contributed by atoms with van der Waals surface area (Å²) in [5, 5.41) is 3.20. The lowest BCUT2D eigenvalue weighted by Gasteiger charge is -2.18. The molecule has 1 amide bonds. The smallest absolute Gasteiger partial charge is 0.252 e. The number of benzene rings is 2. The fourth-order valence-electron chi connectivity index (χ4n) is 2.65. The Labute approximate surface area is 137 Å². The van der Waals surface area contributed by atoms with Crippen LogP contribution in [0, 0.1) is 5.92 Å². The van der Waals surface area contributed by atoms with Crippen LogP contribution in [0.2, 0.25) is 0 Å². The lowest BCUT2D eigenvalue weighted by Crippen LogP contribution is -2.34. The average Bonchev–Trinajstić information content (AvgIpc) is 3.35. The van der Waals surface area contributed by atoms with E-state index in [9.17, 15) is 4.79 Å². The summed E-state index contributed by atoms with van der Waals surface area (Å²) in [4.78, 5) is 12.6. The molecule has 0 spiro atoms. The molecule has 0 heterocycles. The molecule has 120 valence electrons. The maximum absolute atomic E-state index is 12.6. The molecule has 0 aromatic heterocycles. The van der Waals surface area contributed by atoms with E-state index < -0.39 is 0 Å². The summed E-state index contributed by atoms with van der Waals surface area (Å²) in [5.41, 5.74) is 1.64. The summed E-state index contributed by atoms with van der Waals surface area (Å²) in [6.45, 7) is 4.86. The number of carbonyl (C=O) groups is 1. The van der Waals surface area contributed by atoms with E-state index in [0.29, 0.717) is 18.1 Å². The van der Waals surface area contributed by atoms with Crippen molar-refractivity contribution in [2.45, 2.75) is 32.2 Å². The van der Waals surface area contributed by atoms with Crippen LogP contribution < -0.4 is 10.1 Å². The van der Waals surface area contributed by atoms with Crippen LogP contribution in [0.1, 0.15) is 42.6 Å². The Bertz CT molecular complexity index is 675. The van der Waals surface area contributed by atoms with Crippen LogP contribution in [0.4, 0.5) is 0 Å². The molecule has 0 saturated heterocycles. The van der Waals surface area contributed by atoms with E-state index in [4.69, 9.17) is 4.74 Å². The standard InChI is InChI=1S/C20H23NO2/c1-15(2)14-23-18-10-6-7-16(13-18)19(22)21-20(11-12-20)17-8-4-3-5-9-17/h3-10,13,15H,11-12,14H2,1-2H3,(H,21,22). The van der Waals surface area contributed by atoms with Gasteiger partial charge in [0.15, 0.2) is 0 Å². The molecule has 0 bridgehead atoms. The maximum atomic E-state index is 12.6. The van der Waals surface area contributed by atoms with E-state index in [0.717, 1.165) is 18.6 Å². The molecule has 1 aliphatic carbocycles. The second-order valence-corrected chi connectivity index (χ2v) is 6.63. The minimum Gasteiger partial charge on any atom is -0.493 e. The molecule has 0 atom stereocenters. The molecule has 2 aromatic carbocycles. The predicted octanol–water partition coefficient (Wildman–Crippen LogP) is 4.14. The van der Waals surface area contributed by atoms with Crippen molar-refractivity contribution in [1.82, 2.24) is 5.32 Å². The maximum Gasteiger partial charge on any atom is 0.252 e. The number of amides is 1. The molecule has 1 aliphatic rings. The Morgan fingerprint density at radius 2 is 1.87 bits per heavy atom. The summed E-state index contributed by atoms with van der Waals surface area (Å²) < 4.78 is 5.71. The number of ether oxygens (including phenoxy) is 1. The third-order valence-electron chi connectivity index (χ3n) is 4.11. The van der Waals surface area contributed by atoms with Crippen molar-refractivity contribution in [3.05, 3.63) is 65.7 Å².